The van der Waals surface area contributed by atoms with Gasteiger partial charge in [0.15, 0.2) is 0 Å². The van der Waals surface area contributed by atoms with E-state index in [1.165, 1.54) is 57.5 Å². The van der Waals surface area contributed by atoms with E-state index in [9.17, 15) is 0 Å². The SMILES string of the molecule is C=C(C)C1CCCB1C.C=CC(N)C(C)(C)C.C=CCCC(C)C1CC1.CON. The van der Waals surface area contributed by atoms with E-state index in [-0.39, 0.29) is 11.5 Å². The van der Waals surface area contributed by atoms with E-state index in [1.54, 1.807) is 6.08 Å². The molecule has 3 nitrogen and oxygen atoms in total. The van der Waals surface area contributed by atoms with E-state index in [2.05, 4.69) is 71.9 Å². The fourth-order valence-electron chi connectivity index (χ4n) is 3.51. The van der Waals surface area contributed by atoms with E-state index in [0.29, 0.717) is 0 Å². The summed E-state index contributed by atoms with van der Waals surface area (Å²) in [5.41, 5.74) is 7.19. The van der Waals surface area contributed by atoms with Crippen LogP contribution in [0.4, 0.5) is 0 Å². The highest BCUT2D eigenvalue weighted by atomic mass is 16.6. The smallest absolute Gasteiger partial charge is 0.144 e. The van der Waals surface area contributed by atoms with E-state index in [0.717, 1.165) is 24.4 Å². The van der Waals surface area contributed by atoms with E-state index >= 15 is 0 Å². The normalized spacial score (nSPS) is 19.9. The maximum absolute atomic E-state index is 5.63. The molecule has 4 N–H and O–H groups in total. The summed E-state index contributed by atoms with van der Waals surface area (Å²) in [6, 6.07) is 0.113. The van der Waals surface area contributed by atoms with Crippen LogP contribution in [0.3, 0.4) is 0 Å². The van der Waals surface area contributed by atoms with Crippen molar-refractivity contribution in [3.8, 4) is 0 Å². The molecule has 0 aromatic heterocycles. The molecule has 1 aliphatic carbocycles. The lowest BCUT2D eigenvalue weighted by molar-refractivity contribution is 0.206. The molecule has 2 rings (SSSR count). The van der Waals surface area contributed by atoms with Crippen molar-refractivity contribution in [2.24, 2.45) is 28.9 Å². The van der Waals surface area contributed by atoms with Gasteiger partial charge in [-0.15, -0.1) is 19.7 Å². The fourth-order valence-corrected chi connectivity index (χ4v) is 3.51. The molecule has 1 aliphatic heterocycles. The molecule has 170 valence electrons. The molecule has 1 heterocycles. The van der Waals surface area contributed by atoms with Crippen LogP contribution in [0.15, 0.2) is 37.5 Å². The van der Waals surface area contributed by atoms with Gasteiger partial charge in [0.2, 0.25) is 0 Å². The molecule has 0 aromatic rings. The van der Waals surface area contributed by atoms with Crippen molar-refractivity contribution in [3.63, 3.8) is 0 Å². The highest BCUT2D eigenvalue weighted by Crippen LogP contribution is 2.38. The van der Waals surface area contributed by atoms with Gasteiger partial charge in [0.25, 0.3) is 0 Å². The number of nitrogens with two attached hydrogens (primary N) is 2. The number of hydrogen-bond acceptors (Lipinski definition) is 3. The second kappa shape index (κ2) is 16.9. The van der Waals surface area contributed by atoms with Crippen molar-refractivity contribution in [1.82, 2.24) is 0 Å². The Balaban J connectivity index is 0. The maximum atomic E-state index is 5.63. The van der Waals surface area contributed by atoms with Crippen molar-refractivity contribution in [2.75, 3.05) is 7.11 Å². The third-order valence-electron chi connectivity index (χ3n) is 6.00. The van der Waals surface area contributed by atoms with Crippen molar-refractivity contribution in [1.29, 1.82) is 0 Å². The van der Waals surface area contributed by atoms with Crippen LogP contribution in [0.1, 0.15) is 73.1 Å². The second-order valence-electron chi connectivity index (χ2n) is 9.90. The molecule has 0 aromatic carbocycles. The number of allylic oxidation sites excluding steroid dienone is 2. The Labute approximate surface area is 183 Å². The lowest BCUT2D eigenvalue weighted by Crippen LogP contribution is -2.32. The van der Waals surface area contributed by atoms with Crippen LogP contribution < -0.4 is 11.6 Å². The van der Waals surface area contributed by atoms with Crippen molar-refractivity contribution < 1.29 is 4.84 Å². The summed E-state index contributed by atoms with van der Waals surface area (Å²) in [7, 11) is 1.40. The molecule has 2 aliphatic rings. The van der Waals surface area contributed by atoms with Crippen LogP contribution in [0.2, 0.25) is 19.0 Å². The quantitative estimate of drug-likeness (QED) is 0.286. The van der Waals surface area contributed by atoms with Crippen molar-refractivity contribution >= 4 is 6.71 Å². The Morgan fingerprint density at radius 1 is 1.24 bits per heavy atom. The van der Waals surface area contributed by atoms with Crippen molar-refractivity contribution in [3.05, 3.63) is 37.5 Å². The first kappa shape index (κ1) is 30.4. The van der Waals surface area contributed by atoms with Gasteiger partial charge in [0, 0.05) is 6.04 Å². The lowest BCUT2D eigenvalue weighted by atomic mass is 9.43. The van der Waals surface area contributed by atoms with Crippen LogP contribution in [-0.4, -0.2) is 19.9 Å². The van der Waals surface area contributed by atoms with Gasteiger partial charge in [-0.25, -0.2) is 5.90 Å². The minimum atomic E-state index is 0.113. The van der Waals surface area contributed by atoms with E-state index in [1.807, 2.05) is 6.08 Å². The van der Waals surface area contributed by atoms with E-state index < -0.39 is 0 Å². The Morgan fingerprint density at radius 2 is 1.76 bits per heavy atom. The summed E-state index contributed by atoms with van der Waals surface area (Å²) in [5.74, 6) is 7.22. The summed E-state index contributed by atoms with van der Waals surface area (Å²) in [6.45, 7) is 25.4. The predicted molar refractivity (Wildman–Crippen MR) is 134 cm³/mol. The van der Waals surface area contributed by atoms with Gasteiger partial charge in [-0.2, -0.15) is 0 Å². The zero-order valence-corrected chi connectivity index (χ0v) is 20.7. The first-order chi connectivity index (χ1) is 13.5. The molecular weight excluding hydrogens is 355 g/mol. The van der Waals surface area contributed by atoms with E-state index in [4.69, 9.17) is 5.73 Å². The van der Waals surface area contributed by atoms with Crippen LogP contribution in [0.5, 0.6) is 0 Å². The molecule has 0 radical (unpaired) electrons. The zero-order valence-electron chi connectivity index (χ0n) is 20.7. The number of hydrogen-bond donors (Lipinski definition) is 2. The second-order valence-corrected chi connectivity index (χ2v) is 9.90. The van der Waals surface area contributed by atoms with Gasteiger partial charge < -0.3 is 10.6 Å². The molecule has 0 bridgehead atoms. The third kappa shape index (κ3) is 16.6. The summed E-state index contributed by atoms with van der Waals surface area (Å²) < 4.78 is 0. The van der Waals surface area contributed by atoms with Crippen LogP contribution in [0, 0.1) is 17.3 Å². The maximum Gasteiger partial charge on any atom is 0.144 e. The van der Waals surface area contributed by atoms with Gasteiger partial charge in [-0.05, 0) is 55.7 Å². The summed E-state index contributed by atoms with van der Waals surface area (Å²) >= 11 is 0. The van der Waals surface area contributed by atoms with Crippen LogP contribution in [0.25, 0.3) is 0 Å². The van der Waals surface area contributed by atoms with Crippen molar-refractivity contribution in [2.45, 2.75) is 98.1 Å². The van der Waals surface area contributed by atoms with Crippen LogP contribution in [-0.2, 0) is 4.84 Å². The Hall–Kier alpha value is -0.835. The lowest BCUT2D eigenvalue weighted by Gasteiger charge is -2.23. The topological polar surface area (TPSA) is 61.3 Å². The first-order valence-corrected chi connectivity index (χ1v) is 11.3. The van der Waals surface area contributed by atoms with Gasteiger partial charge >= 0.3 is 0 Å². The van der Waals surface area contributed by atoms with Gasteiger partial charge in [-0.3, -0.25) is 0 Å². The Morgan fingerprint density at radius 3 is 1.97 bits per heavy atom. The molecule has 3 atom stereocenters. The highest BCUT2D eigenvalue weighted by Gasteiger charge is 2.27. The zero-order chi connectivity index (χ0) is 23.0. The molecule has 3 unspecified atom stereocenters. The minimum absolute atomic E-state index is 0.113. The number of rotatable bonds is 6. The monoisotopic (exact) mass is 406 g/mol. The molecule has 0 spiro atoms. The Bertz CT molecular complexity index is 441. The Kier molecular flexibility index (Phi) is 17.7. The molecule has 29 heavy (non-hydrogen) atoms. The largest absolute Gasteiger partial charge is 0.324 e. The first-order valence-electron chi connectivity index (χ1n) is 11.3. The molecule has 1 saturated heterocycles. The minimum Gasteiger partial charge on any atom is -0.324 e. The highest BCUT2D eigenvalue weighted by molar-refractivity contribution is 6.60. The fraction of sp³-hybridized carbons (Fsp3) is 0.760. The predicted octanol–water partition coefficient (Wildman–Crippen LogP) is 6.90. The molecular formula is C25H51BN2O. The molecule has 4 heteroatoms. The standard InChI is InChI=1S/C9H16.C8H15B.C7H15N.CH5NO/c1-3-4-5-8(2)9-6-7-9;1-7(2)8-5-4-6-9(8)3;1-5-6(8)7(2,3)4;1-3-2/h3,8-9H,1,4-7H2,2H3;8H,1,4-6H2,2-3H3;5-6H,1,8H2,2-4H3;2H2,1H3. The summed E-state index contributed by atoms with van der Waals surface area (Å²) in [6.07, 6.45) is 13.5. The third-order valence-corrected chi connectivity index (χ3v) is 6.00. The molecule has 2 fully saturated rings. The van der Waals surface area contributed by atoms with Gasteiger partial charge in [0.05, 0.1) is 7.11 Å². The average molecular weight is 407 g/mol. The van der Waals surface area contributed by atoms with Gasteiger partial charge in [0.1, 0.15) is 6.71 Å². The van der Waals surface area contributed by atoms with Crippen LogP contribution >= 0.6 is 0 Å². The molecule has 0 amide bonds. The summed E-state index contributed by atoms with van der Waals surface area (Å²) in [4.78, 5) is 3.75. The average Bonchev–Trinajstić information content (AvgIpc) is 3.40. The summed E-state index contributed by atoms with van der Waals surface area (Å²) in [5, 5.41) is 0. The van der Waals surface area contributed by atoms with Gasteiger partial charge in [-0.1, -0.05) is 71.4 Å². The molecule has 1 saturated carbocycles.